The third-order valence-corrected chi connectivity index (χ3v) is 4.13. The van der Waals surface area contributed by atoms with Crippen LogP contribution in [0.2, 0.25) is 0 Å². The van der Waals surface area contributed by atoms with E-state index in [4.69, 9.17) is 9.29 Å². The summed E-state index contributed by atoms with van der Waals surface area (Å²) in [6.45, 7) is -0.0848. The quantitative estimate of drug-likeness (QED) is 0.407. The van der Waals surface area contributed by atoms with E-state index in [1.54, 1.807) is 30.3 Å². The zero-order chi connectivity index (χ0) is 17.9. The molecule has 0 aromatic heterocycles. The van der Waals surface area contributed by atoms with Crippen molar-refractivity contribution < 1.29 is 36.8 Å². The molecule has 1 aliphatic rings. The number of methoxy groups -OCH3 is 1. The average Bonchev–Trinajstić information content (AvgIpc) is 2.54. The third kappa shape index (κ3) is 3.63. The highest BCUT2D eigenvalue weighted by atomic mass is 32.2. The van der Waals surface area contributed by atoms with Gasteiger partial charge in [0.2, 0.25) is 0 Å². The van der Waals surface area contributed by atoms with Crippen molar-refractivity contribution in [3.63, 3.8) is 0 Å². The Labute approximate surface area is 137 Å². The van der Waals surface area contributed by atoms with Crippen LogP contribution >= 0.6 is 0 Å². The number of nitrogens with one attached hydrogen (secondary N) is 1. The zero-order valence-electron chi connectivity index (χ0n) is 12.4. The van der Waals surface area contributed by atoms with E-state index in [1.807, 2.05) is 0 Å². The summed E-state index contributed by atoms with van der Waals surface area (Å²) in [6, 6.07) is 5.47. The van der Waals surface area contributed by atoms with Gasteiger partial charge in [-0.15, -0.1) is 0 Å². The van der Waals surface area contributed by atoms with Crippen LogP contribution in [-0.4, -0.2) is 54.4 Å². The van der Waals surface area contributed by atoms with E-state index < -0.39 is 40.4 Å². The maximum Gasteiger partial charge on any atom is 0.408 e. The van der Waals surface area contributed by atoms with Crippen LogP contribution < -0.4 is 5.32 Å². The number of hydrogen-bond acceptors (Lipinski definition) is 7. The highest BCUT2D eigenvalue weighted by Crippen LogP contribution is 2.24. The Hall–Kier alpha value is -2.66. The van der Waals surface area contributed by atoms with Gasteiger partial charge >= 0.3 is 22.4 Å². The molecule has 1 heterocycles. The van der Waals surface area contributed by atoms with Gasteiger partial charge in [0.15, 0.2) is 6.04 Å². The molecule has 0 spiro atoms. The van der Waals surface area contributed by atoms with Crippen molar-refractivity contribution in [1.82, 2.24) is 9.62 Å². The van der Waals surface area contributed by atoms with Crippen LogP contribution in [0.15, 0.2) is 30.3 Å². The molecular formula is C13H14N2O8S. The summed E-state index contributed by atoms with van der Waals surface area (Å²) >= 11 is 0. The number of alkyl carbamates (subject to hydrolysis) is 1. The average molecular weight is 358 g/mol. The summed E-state index contributed by atoms with van der Waals surface area (Å²) in [6.07, 6.45) is -1.03. The van der Waals surface area contributed by atoms with E-state index in [1.165, 1.54) is 0 Å². The van der Waals surface area contributed by atoms with E-state index in [-0.39, 0.29) is 10.9 Å². The first-order valence-corrected chi connectivity index (χ1v) is 8.01. The Morgan fingerprint density at radius 1 is 1.29 bits per heavy atom. The standard InChI is InChI=1S/C13H14N2O8S/c1-22-12(17)10-9(11(16)15(10)24(19,20)21)14-13(18)23-7-8-5-3-2-4-6-8/h2-6,9-10H,7H2,1H3,(H,14,18)(H,19,20,21)/t9-,10-/m0/s1. The van der Waals surface area contributed by atoms with E-state index >= 15 is 0 Å². The first-order chi connectivity index (χ1) is 11.3. The molecule has 2 amide bonds. The molecule has 2 N–H and O–H groups in total. The Morgan fingerprint density at radius 2 is 1.92 bits per heavy atom. The predicted molar refractivity (Wildman–Crippen MR) is 77.7 cm³/mol. The molecule has 1 aromatic carbocycles. The molecule has 11 heteroatoms. The first-order valence-electron chi connectivity index (χ1n) is 6.61. The number of nitrogens with zero attached hydrogens (tertiary/aromatic N) is 1. The summed E-state index contributed by atoms with van der Waals surface area (Å²) < 4.78 is 40.3. The second-order valence-corrected chi connectivity index (χ2v) is 6.05. The van der Waals surface area contributed by atoms with E-state index in [0.717, 1.165) is 7.11 Å². The number of hydrogen-bond donors (Lipinski definition) is 2. The minimum Gasteiger partial charge on any atom is -0.467 e. The van der Waals surface area contributed by atoms with Crippen LogP contribution in [0.1, 0.15) is 5.56 Å². The van der Waals surface area contributed by atoms with Crippen molar-refractivity contribution >= 4 is 28.3 Å². The number of rotatable bonds is 5. The molecule has 24 heavy (non-hydrogen) atoms. The molecule has 2 atom stereocenters. The number of carbonyl (C=O) groups is 3. The monoisotopic (exact) mass is 358 g/mol. The van der Waals surface area contributed by atoms with Crippen LogP contribution in [0.3, 0.4) is 0 Å². The molecule has 1 fully saturated rings. The van der Waals surface area contributed by atoms with Crippen molar-refractivity contribution in [2.24, 2.45) is 0 Å². The van der Waals surface area contributed by atoms with Gasteiger partial charge in [-0.05, 0) is 5.56 Å². The zero-order valence-corrected chi connectivity index (χ0v) is 13.2. The number of β-lactam (4-membered cyclic amide) rings is 1. The lowest BCUT2D eigenvalue weighted by Gasteiger charge is -2.41. The molecule has 0 unspecified atom stereocenters. The Bertz CT molecular complexity index is 748. The Morgan fingerprint density at radius 3 is 2.46 bits per heavy atom. The Balaban J connectivity index is 2.01. The molecule has 10 nitrogen and oxygen atoms in total. The molecule has 130 valence electrons. The summed E-state index contributed by atoms with van der Waals surface area (Å²) in [5, 5.41) is 2.08. The summed E-state index contributed by atoms with van der Waals surface area (Å²) in [4.78, 5) is 35.1. The molecule has 1 saturated heterocycles. The fourth-order valence-corrected chi connectivity index (χ4v) is 2.94. The second kappa shape index (κ2) is 6.84. The number of carbonyl (C=O) groups excluding carboxylic acids is 3. The first kappa shape index (κ1) is 17.7. The van der Waals surface area contributed by atoms with Crippen LogP contribution in [0, 0.1) is 0 Å². The van der Waals surface area contributed by atoms with Gasteiger partial charge in [0.05, 0.1) is 7.11 Å². The highest BCUT2D eigenvalue weighted by molar-refractivity contribution is 7.84. The van der Waals surface area contributed by atoms with Crippen molar-refractivity contribution in [3.05, 3.63) is 35.9 Å². The van der Waals surface area contributed by atoms with E-state index in [2.05, 4.69) is 10.1 Å². The van der Waals surface area contributed by atoms with Gasteiger partial charge in [0.1, 0.15) is 12.6 Å². The minimum atomic E-state index is -4.95. The normalized spacial score (nSPS) is 20.1. The minimum absolute atomic E-state index is 0.0685. The molecule has 0 bridgehead atoms. The lowest BCUT2D eigenvalue weighted by molar-refractivity contribution is -0.161. The SMILES string of the molecule is COC(=O)[C@@H]1[C@H](NC(=O)OCc2ccccc2)C(=O)N1S(=O)(=O)O. The molecule has 2 rings (SSSR count). The van der Waals surface area contributed by atoms with Crippen molar-refractivity contribution in [2.75, 3.05) is 7.11 Å². The van der Waals surface area contributed by atoms with Gasteiger partial charge < -0.3 is 14.8 Å². The number of amides is 2. The van der Waals surface area contributed by atoms with Gasteiger partial charge in [-0.2, -0.15) is 12.7 Å². The molecular weight excluding hydrogens is 344 g/mol. The van der Waals surface area contributed by atoms with Crippen molar-refractivity contribution in [1.29, 1.82) is 0 Å². The van der Waals surface area contributed by atoms with Crippen LogP contribution in [0.25, 0.3) is 0 Å². The van der Waals surface area contributed by atoms with Crippen molar-refractivity contribution in [3.8, 4) is 0 Å². The van der Waals surface area contributed by atoms with Gasteiger partial charge in [-0.25, -0.2) is 9.59 Å². The van der Waals surface area contributed by atoms with Gasteiger partial charge in [-0.3, -0.25) is 9.35 Å². The molecule has 1 aliphatic heterocycles. The number of ether oxygens (including phenoxy) is 2. The fraction of sp³-hybridized carbons (Fsp3) is 0.308. The molecule has 0 radical (unpaired) electrons. The lowest BCUT2D eigenvalue weighted by atomic mass is 9.99. The van der Waals surface area contributed by atoms with E-state index in [9.17, 15) is 22.8 Å². The highest BCUT2D eigenvalue weighted by Gasteiger charge is 2.58. The number of benzene rings is 1. The predicted octanol–water partition coefficient (Wildman–Crippen LogP) is -0.532. The maximum atomic E-state index is 11.8. The maximum absolute atomic E-state index is 11.8. The van der Waals surface area contributed by atoms with Gasteiger partial charge in [0, 0.05) is 0 Å². The van der Waals surface area contributed by atoms with Crippen molar-refractivity contribution in [2.45, 2.75) is 18.7 Å². The molecule has 0 aliphatic carbocycles. The van der Waals surface area contributed by atoms with Gasteiger partial charge in [0.25, 0.3) is 5.91 Å². The topological polar surface area (TPSA) is 139 Å². The summed E-state index contributed by atoms with van der Waals surface area (Å²) in [5.41, 5.74) is 0.691. The number of esters is 1. The Kier molecular flexibility index (Phi) is 5.04. The third-order valence-electron chi connectivity index (χ3n) is 3.23. The lowest BCUT2D eigenvalue weighted by Crippen LogP contribution is -2.74. The van der Waals surface area contributed by atoms with Gasteiger partial charge in [-0.1, -0.05) is 30.3 Å². The van der Waals surface area contributed by atoms with Crippen LogP contribution in [-0.2, 0) is 36.0 Å². The van der Waals surface area contributed by atoms with Crippen LogP contribution in [0.4, 0.5) is 4.79 Å². The summed E-state index contributed by atoms with van der Waals surface area (Å²) in [5.74, 6) is -2.29. The summed E-state index contributed by atoms with van der Waals surface area (Å²) in [7, 11) is -3.98. The smallest absolute Gasteiger partial charge is 0.408 e. The molecule has 1 aromatic rings. The van der Waals surface area contributed by atoms with Crippen LogP contribution in [0.5, 0.6) is 0 Å². The largest absolute Gasteiger partial charge is 0.467 e. The molecule has 0 saturated carbocycles. The fourth-order valence-electron chi connectivity index (χ4n) is 2.10. The van der Waals surface area contributed by atoms with E-state index in [0.29, 0.717) is 5.56 Å². The second-order valence-electron chi connectivity index (χ2n) is 4.76.